The summed E-state index contributed by atoms with van der Waals surface area (Å²) in [6, 6.07) is 10.8. The molecule has 0 radical (unpaired) electrons. The normalized spacial score (nSPS) is 21.8. The molecule has 1 aromatic rings. The number of aryl methyl sites for hydroxylation is 1. The zero-order valence-electron chi connectivity index (χ0n) is 16.4. The van der Waals surface area contributed by atoms with E-state index in [1.807, 2.05) is 0 Å². The Labute approximate surface area is 160 Å². The van der Waals surface area contributed by atoms with Gasteiger partial charge in [-0.15, -0.1) is 0 Å². The molecular weight excluding hydrogens is 320 g/mol. The average Bonchev–Trinajstić information content (AvgIpc) is 3.12. The monoisotopic (exact) mass is 356 g/mol. The van der Waals surface area contributed by atoms with Crippen LogP contribution >= 0.6 is 0 Å². The minimum absolute atomic E-state index is 0.602. The van der Waals surface area contributed by atoms with E-state index in [1.54, 1.807) is 7.11 Å². The first-order valence-electron chi connectivity index (χ1n) is 10.4. The van der Waals surface area contributed by atoms with Crippen LogP contribution < -0.4 is 0 Å². The molecule has 1 fully saturated rings. The Hall–Kier alpha value is -1.38. The van der Waals surface area contributed by atoms with Gasteiger partial charge in [0, 0.05) is 7.11 Å². The number of hydrogen-bond acceptors (Lipinski definition) is 2. The van der Waals surface area contributed by atoms with Crippen molar-refractivity contribution < 1.29 is 9.84 Å². The van der Waals surface area contributed by atoms with Gasteiger partial charge in [-0.25, -0.2) is 0 Å². The number of aliphatic hydroxyl groups is 1. The number of methoxy groups -OCH3 is 1. The molecule has 144 valence electrons. The van der Waals surface area contributed by atoms with E-state index in [-0.39, 0.29) is 0 Å². The lowest BCUT2D eigenvalue weighted by atomic mass is 9.92. The summed E-state index contributed by atoms with van der Waals surface area (Å²) in [5.74, 6) is 1.59. The summed E-state index contributed by atoms with van der Waals surface area (Å²) >= 11 is 0. The van der Waals surface area contributed by atoms with Crippen molar-refractivity contribution in [3.05, 3.63) is 60.2 Å². The van der Waals surface area contributed by atoms with E-state index in [0.717, 1.165) is 31.1 Å². The molecule has 1 saturated carbocycles. The summed E-state index contributed by atoms with van der Waals surface area (Å²) in [4.78, 5) is 0. The maximum absolute atomic E-state index is 9.35. The van der Waals surface area contributed by atoms with Gasteiger partial charge in [0.05, 0.1) is 0 Å². The highest BCUT2D eigenvalue weighted by Crippen LogP contribution is 2.35. The van der Waals surface area contributed by atoms with Crippen LogP contribution in [0.15, 0.2) is 54.6 Å². The first-order chi connectivity index (χ1) is 12.8. The number of rotatable bonds is 12. The average molecular weight is 357 g/mol. The Balaban J connectivity index is 1.59. The van der Waals surface area contributed by atoms with Gasteiger partial charge in [-0.05, 0) is 75.2 Å². The molecule has 3 unspecified atom stereocenters. The van der Waals surface area contributed by atoms with Crippen molar-refractivity contribution >= 4 is 0 Å². The van der Waals surface area contributed by atoms with Crippen LogP contribution in [0.5, 0.6) is 0 Å². The van der Waals surface area contributed by atoms with Crippen LogP contribution in [0.4, 0.5) is 0 Å². The quantitative estimate of drug-likeness (QED) is 0.280. The molecule has 0 saturated heterocycles. The third-order valence-corrected chi connectivity index (χ3v) is 5.48. The van der Waals surface area contributed by atoms with Gasteiger partial charge in [-0.2, -0.15) is 0 Å². The molecular formula is C24H36O2. The van der Waals surface area contributed by atoms with Gasteiger partial charge >= 0.3 is 0 Å². The summed E-state index contributed by atoms with van der Waals surface area (Å²) in [5, 5.41) is 9.35. The molecule has 0 amide bonds. The van der Waals surface area contributed by atoms with E-state index in [1.165, 1.54) is 50.5 Å². The van der Waals surface area contributed by atoms with Crippen LogP contribution in [-0.4, -0.2) is 18.5 Å². The SMILES string of the molecule is COC(O)CCCC=CCC1CCCC1C=CCCCc1ccccc1. The predicted molar refractivity (Wildman–Crippen MR) is 110 cm³/mol. The van der Waals surface area contributed by atoms with Gasteiger partial charge in [-0.3, -0.25) is 0 Å². The Kier molecular flexibility index (Phi) is 10.4. The Bertz CT molecular complexity index is 520. The fourth-order valence-corrected chi connectivity index (χ4v) is 3.87. The van der Waals surface area contributed by atoms with Crippen LogP contribution in [0.2, 0.25) is 0 Å². The minimum Gasteiger partial charge on any atom is -0.368 e. The van der Waals surface area contributed by atoms with Crippen molar-refractivity contribution in [1.29, 1.82) is 0 Å². The third kappa shape index (κ3) is 8.33. The van der Waals surface area contributed by atoms with Crippen molar-refractivity contribution in [2.45, 2.75) is 70.5 Å². The molecule has 2 nitrogen and oxygen atoms in total. The molecule has 0 aliphatic heterocycles. The molecule has 2 rings (SSSR count). The van der Waals surface area contributed by atoms with E-state index < -0.39 is 6.29 Å². The topological polar surface area (TPSA) is 29.5 Å². The summed E-state index contributed by atoms with van der Waals surface area (Å²) < 4.78 is 4.86. The molecule has 0 bridgehead atoms. The standard InChI is InChI=1S/C24H36O2/c1-26-24(25)20-11-3-2-9-16-22-18-12-19-23(22)17-10-5-8-15-21-13-6-4-7-14-21/h2,4,6-7,9-10,13-14,17,22-25H,3,5,8,11-12,15-16,18-20H2,1H3. The lowest BCUT2D eigenvalue weighted by Crippen LogP contribution is -2.07. The number of hydrogen-bond donors (Lipinski definition) is 1. The number of ether oxygens (including phenoxy) is 1. The predicted octanol–water partition coefficient (Wildman–Crippen LogP) is 6.06. The van der Waals surface area contributed by atoms with Gasteiger partial charge in [0.15, 0.2) is 6.29 Å². The van der Waals surface area contributed by atoms with Crippen LogP contribution in [0, 0.1) is 11.8 Å². The number of allylic oxidation sites excluding steroid dienone is 4. The zero-order chi connectivity index (χ0) is 18.5. The van der Waals surface area contributed by atoms with Gasteiger partial charge in [-0.1, -0.05) is 61.1 Å². The van der Waals surface area contributed by atoms with Crippen molar-refractivity contribution in [3.8, 4) is 0 Å². The molecule has 3 atom stereocenters. The fourth-order valence-electron chi connectivity index (χ4n) is 3.87. The maximum Gasteiger partial charge on any atom is 0.154 e. The van der Waals surface area contributed by atoms with Gasteiger partial charge in [0.25, 0.3) is 0 Å². The van der Waals surface area contributed by atoms with E-state index in [2.05, 4.69) is 54.6 Å². The highest BCUT2D eigenvalue weighted by atomic mass is 16.6. The van der Waals surface area contributed by atoms with E-state index in [0.29, 0.717) is 0 Å². The van der Waals surface area contributed by atoms with Crippen molar-refractivity contribution in [1.82, 2.24) is 0 Å². The smallest absolute Gasteiger partial charge is 0.154 e. The second kappa shape index (κ2) is 12.9. The highest BCUT2D eigenvalue weighted by Gasteiger charge is 2.23. The Morgan fingerprint density at radius 1 is 1.08 bits per heavy atom. The summed E-state index contributed by atoms with van der Waals surface area (Å²) in [6.45, 7) is 0. The molecule has 0 spiro atoms. The van der Waals surface area contributed by atoms with E-state index in [4.69, 9.17) is 4.74 Å². The molecule has 26 heavy (non-hydrogen) atoms. The molecule has 0 aromatic heterocycles. The van der Waals surface area contributed by atoms with Crippen LogP contribution in [0.1, 0.15) is 63.4 Å². The van der Waals surface area contributed by atoms with Crippen LogP contribution in [-0.2, 0) is 11.2 Å². The summed E-state index contributed by atoms with van der Waals surface area (Å²) in [6.07, 6.45) is 20.6. The maximum atomic E-state index is 9.35. The van der Waals surface area contributed by atoms with Crippen LogP contribution in [0.3, 0.4) is 0 Å². The molecule has 1 aromatic carbocycles. The molecule has 1 N–H and O–H groups in total. The second-order valence-corrected chi connectivity index (χ2v) is 7.49. The van der Waals surface area contributed by atoms with E-state index in [9.17, 15) is 5.11 Å². The van der Waals surface area contributed by atoms with Gasteiger partial charge < -0.3 is 9.84 Å². The molecule has 0 heterocycles. The van der Waals surface area contributed by atoms with Crippen molar-refractivity contribution in [2.24, 2.45) is 11.8 Å². The second-order valence-electron chi connectivity index (χ2n) is 7.49. The first kappa shape index (κ1) is 20.9. The summed E-state index contributed by atoms with van der Waals surface area (Å²) in [7, 11) is 1.55. The Morgan fingerprint density at radius 2 is 1.88 bits per heavy atom. The van der Waals surface area contributed by atoms with Crippen LogP contribution in [0.25, 0.3) is 0 Å². The zero-order valence-corrected chi connectivity index (χ0v) is 16.4. The molecule has 1 aliphatic rings. The largest absolute Gasteiger partial charge is 0.368 e. The highest BCUT2D eigenvalue weighted by molar-refractivity contribution is 5.14. The number of benzene rings is 1. The van der Waals surface area contributed by atoms with E-state index >= 15 is 0 Å². The lowest BCUT2D eigenvalue weighted by molar-refractivity contribution is -0.0788. The van der Waals surface area contributed by atoms with Gasteiger partial charge in [0.1, 0.15) is 0 Å². The van der Waals surface area contributed by atoms with Gasteiger partial charge in [0.2, 0.25) is 0 Å². The molecule has 2 heteroatoms. The fraction of sp³-hybridized carbons (Fsp3) is 0.583. The van der Waals surface area contributed by atoms with Crippen molar-refractivity contribution in [3.63, 3.8) is 0 Å². The third-order valence-electron chi connectivity index (χ3n) is 5.48. The Morgan fingerprint density at radius 3 is 2.69 bits per heavy atom. The minimum atomic E-state index is -0.602. The number of unbranched alkanes of at least 4 members (excludes halogenated alkanes) is 2. The number of aliphatic hydroxyl groups excluding tert-OH is 1. The first-order valence-corrected chi connectivity index (χ1v) is 10.4. The van der Waals surface area contributed by atoms with Crippen molar-refractivity contribution in [2.75, 3.05) is 7.11 Å². The lowest BCUT2D eigenvalue weighted by Gasteiger charge is -2.14. The molecule has 1 aliphatic carbocycles. The summed E-state index contributed by atoms with van der Waals surface area (Å²) in [5.41, 5.74) is 1.45.